The molecule has 0 unspecified atom stereocenters. The van der Waals surface area contributed by atoms with Gasteiger partial charge in [0.2, 0.25) is 5.91 Å². The fraction of sp³-hybridized carbons (Fsp3) is 0.435. The zero-order chi connectivity index (χ0) is 20.9. The molecule has 1 N–H and O–H groups in total. The summed E-state index contributed by atoms with van der Waals surface area (Å²) >= 11 is 0. The smallest absolute Gasteiger partial charge is 0.253 e. The zero-order valence-electron chi connectivity index (χ0n) is 16.9. The molecule has 7 heteroatoms. The van der Waals surface area contributed by atoms with Gasteiger partial charge in [0, 0.05) is 36.8 Å². The average Bonchev–Trinajstić information content (AvgIpc) is 2.79. The van der Waals surface area contributed by atoms with Crippen LogP contribution < -0.4 is 5.32 Å². The minimum absolute atomic E-state index is 0.0239. The van der Waals surface area contributed by atoms with Gasteiger partial charge in [-0.15, -0.1) is 0 Å². The van der Waals surface area contributed by atoms with E-state index in [1.807, 2.05) is 4.90 Å². The predicted octanol–water partition coefficient (Wildman–Crippen LogP) is 3.04. The van der Waals surface area contributed by atoms with Gasteiger partial charge in [-0.3, -0.25) is 14.6 Å². The van der Waals surface area contributed by atoms with E-state index in [1.165, 1.54) is 18.3 Å². The second-order valence-corrected chi connectivity index (χ2v) is 7.91. The third-order valence-corrected chi connectivity index (χ3v) is 5.83. The summed E-state index contributed by atoms with van der Waals surface area (Å²) in [6.07, 6.45) is 4.83. The molecule has 0 radical (unpaired) electrons. The molecular formula is C23H26FN3O3. The predicted molar refractivity (Wildman–Crippen MR) is 110 cm³/mol. The minimum Gasteiger partial charge on any atom is -0.378 e. The Kier molecular flexibility index (Phi) is 6.38. The molecule has 1 saturated heterocycles. The van der Waals surface area contributed by atoms with Gasteiger partial charge in [-0.1, -0.05) is 18.6 Å². The number of benzene rings is 1. The summed E-state index contributed by atoms with van der Waals surface area (Å²) in [6, 6.07) is 9.59. The van der Waals surface area contributed by atoms with Crippen LogP contribution in [0.1, 0.15) is 36.0 Å². The SMILES string of the molecule is O=C(N[C@@H]1CCC[C@H](C(=O)N2CCOCC2)C1)c1ccc(-c2cccc(F)c2)nc1. The number of carbonyl (C=O) groups is 2. The number of aromatic nitrogens is 1. The first-order valence-corrected chi connectivity index (χ1v) is 10.5. The number of ether oxygens (including phenoxy) is 1. The van der Waals surface area contributed by atoms with E-state index in [1.54, 1.807) is 24.3 Å². The molecule has 1 aliphatic heterocycles. The molecule has 1 aromatic heterocycles. The van der Waals surface area contributed by atoms with Gasteiger partial charge in [-0.05, 0) is 43.5 Å². The Morgan fingerprint density at radius 2 is 1.97 bits per heavy atom. The summed E-state index contributed by atoms with van der Waals surface area (Å²) < 4.78 is 18.7. The Hall–Kier alpha value is -2.80. The Bertz CT molecular complexity index is 897. The van der Waals surface area contributed by atoms with Crippen LogP contribution in [0.25, 0.3) is 11.3 Å². The number of hydrogen-bond donors (Lipinski definition) is 1. The van der Waals surface area contributed by atoms with Gasteiger partial charge >= 0.3 is 0 Å². The van der Waals surface area contributed by atoms with Crippen molar-refractivity contribution in [2.45, 2.75) is 31.7 Å². The zero-order valence-corrected chi connectivity index (χ0v) is 16.9. The minimum atomic E-state index is -0.324. The van der Waals surface area contributed by atoms with E-state index in [9.17, 15) is 14.0 Å². The molecular weight excluding hydrogens is 385 g/mol. The lowest BCUT2D eigenvalue weighted by molar-refractivity contribution is -0.140. The molecule has 2 aromatic rings. The topological polar surface area (TPSA) is 71.5 Å². The van der Waals surface area contributed by atoms with Crippen molar-refractivity contribution in [3.63, 3.8) is 0 Å². The highest BCUT2D eigenvalue weighted by Gasteiger charge is 2.31. The number of hydrogen-bond acceptors (Lipinski definition) is 4. The van der Waals surface area contributed by atoms with Gasteiger partial charge in [0.25, 0.3) is 5.91 Å². The standard InChI is InChI=1S/C23H26FN3O3/c24-19-5-1-3-16(13-19)21-8-7-18(15-25-21)22(28)26-20-6-2-4-17(14-20)23(29)27-9-11-30-12-10-27/h1,3,5,7-8,13,15,17,20H,2,4,6,9-12,14H2,(H,26,28)/t17-,20+/m0/s1. The van der Waals surface area contributed by atoms with Crippen LogP contribution in [0.5, 0.6) is 0 Å². The number of nitrogens with zero attached hydrogens (tertiary/aromatic N) is 2. The number of carbonyl (C=O) groups excluding carboxylic acids is 2. The van der Waals surface area contributed by atoms with Crippen molar-refractivity contribution >= 4 is 11.8 Å². The Balaban J connectivity index is 1.35. The van der Waals surface area contributed by atoms with Crippen molar-refractivity contribution in [2.75, 3.05) is 26.3 Å². The number of halogens is 1. The number of morpholine rings is 1. The van der Waals surface area contributed by atoms with Crippen molar-refractivity contribution in [1.82, 2.24) is 15.2 Å². The lowest BCUT2D eigenvalue weighted by Crippen LogP contribution is -2.47. The largest absolute Gasteiger partial charge is 0.378 e. The quantitative estimate of drug-likeness (QED) is 0.840. The van der Waals surface area contributed by atoms with Gasteiger partial charge in [0.05, 0.1) is 24.5 Å². The maximum absolute atomic E-state index is 13.4. The summed E-state index contributed by atoms with van der Waals surface area (Å²) in [4.78, 5) is 31.6. The van der Waals surface area contributed by atoms with Crippen molar-refractivity contribution < 1.29 is 18.7 Å². The fourth-order valence-electron chi connectivity index (χ4n) is 4.20. The number of nitrogens with one attached hydrogen (secondary N) is 1. The van der Waals surface area contributed by atoms with E-state index in [4.69, 9.17) is 4.74 Å². The highest BCUT2D eigenvalue weighted by molar-refractivity contribution is 5.94. The lowest BCUT2D eigenvalue weighted by Gasteiger charge is -2.34. The maximum atomic E-state index is 13.4. The van der Waals surface area contributed by atoms with Gasteiger partial charge in [-0.25, -0.2) is 4.39 Å². The van der Waals surface area contributed by atoms with E-state index in [-0.39, 0.29) is 29.6 Å². The van der Waals surface area contributed by atoms with Gasteiger partial charge in [-0.2, -0.15) is 0 Å². The molecule has 4 rings (SSSR count). The van der Waals surface area contributed by atoms with Gasteiger partial charge in [0.1, 0.15) is 5.82 Å². The van der Waals surface area contributed by atoms with Crippen LogP contribution in [0, 0.1) is 11.7 Å². The molecule has 2 aliphatic rings. The van der Waals surface area contributed by atoms with Crippen molar-refractivity contribution in [3.05, 3.63) is 54.0 Å². The van der Waals surface area contributed by atoms with Crippen molar-refractivity contribution in [3.8, 4) is 11.3 Å². The molecule has 2 amide bonds. The van der Waals surface area contributed by atoms with E-state index in [0.717, 1.165) is 19.3 Å². The summed E-state index contributed by atoms with van der Waals surface area (Å²) in [5.74, 6) is -0.388. The van der Waals surface area contributed by atoms with E-state index < -0.39 is 0 Å². The summed E-state index contributed by atoms with van der Waals surface area (Å²) in [5, 5.41) is 3.06. The average molecular weight is 411 g/mol. The third-order valence-electron chi connectivity index (χ3n) is 5.83. The van der Waals surface area contributed by atoms with Gasteiger partial charge < -0.3 is 15.0 Å². The van der Waals surface area contributed by atoms with Crippen LogP contribution in [-0.4, -0.2) is 54.0 Å². The molecule has 0 bridgehead atoms. The summed E-state index contributed by atoms with van der Waals surface area (Å²) in [5.41, 5.74) is 1.73. The van der Waals surface area contributed by atoms with Crippen molar-refractivity contribution in [1.29, 1.82) is 0 Å². The van der Waals surface area contributed by atoms with Crippen LogP contribution in [0.3, 0.4) is 0 Å². The summed E-state index contributed by atoms with van der Waals surface area (Å²) in [6.45, 7) is 2.49. The fourth-order valence-corrected chi connectivity index (χ4v) is 4.20. The molecule has 1 aliphatic carbocycles. The molecule has 1 saturated carbocycles. The van der Waals surface area contributed by atoms with Crippen molar-refractivity contribution in [2.24, 2.45) is 5.92 Å². The Labute approximate surface area is 175 Å². The second-order valence-electron chi connectivity index (χ2n) is 7.91. The molecule has 2 atom stereocenters. The first kappa shape index (κ1) is 20.5. The summed E-state index contributed by atoms with van der Waals surface area (Å²) in [7, 11) is 0. The number of rotatable bonds is 4. The van der Waals surface area contributed by atoms with Crippen LogP contribution >= 0.6 is 0 Å². The van der Waals surface area contributed by atoms with E-state index in [2.05, 4.69) is 10.3 Å². The Morgan fingerprint density at radius 3 is 2.70 bits per heavy atom. The third kappa shape index (κ3) is 4.84. The lowest BCUT2D eigenvalue weighted by atomic mass is 9.84. The molecule has 1 aromatic carbocycles. The highest BCUT2D eigenvalue weighted by atomic mass is 19.1. The monoisotopic (exact) mass is 411 g/mol. The normalized spacial score (nSPS) is 21.8. The second kappa shape index (κ2) is 9.34. The molecule has 2 fully saturated rings. The molecule has 6 nitrogen and oxygen atoms in total. The number of pyridine rings is 1. The molecule has 158 valence electrons. The molecule has 30 heavy (non-hydrogen) atoms. The van der Waals surface area contributed by atoms with E-state index in [0.29, 0.717) is 49.5 Å². The van der Waals surface area contributed by atoms with Gasteiger partial charge in [0.15, 0.2) is 0 Å². The van der Waals surface area contributed by atoms with E-state index >= 15 is 0 Å². The molecule has 0 spiro atoms. The number of amides is 2. The van der Waals surface area contributed by atoms with Crippen LogP contribution in [-0.2, 0) is 9.53 Å². The Morgan fingerprint density at radius 1 is 1.13 bits per heavy atom. The maximum Gasteiger partial charge on any atom is 0.253 e. The van der Waals surface area contributed by atoms with Crippen LogP contribution in [0.15, 0.2) is 42.6 Å². The first-order valence-electron chi connectivity index (χ1n) is 10.5. The highest BCUT2D eigenvalue weighted by Crippen LogP contribution is 2.27. The van der Waals surface area contributed by atoms with Crippen LogP contribution in [0.2, 0.25) is 0 Å². The molecule has 2 heterocycles. The van der Waals surface area contributed by atoms with Crippen LogP contribution in [0.4, 0.5) is 4.39 Å². The first-order chi connectivity index (χ1) is 14.6.